The Balaban J connectivity index is 2.23. The minimum Gasteiger partial charge on any atom is -0.469 e. The van der Waals surface area contributed by atoms with Crippen molar-refractivity contribution in [3.63, 3.8) is 0 Å². The summed E-state index contributed by atoms with van der Waals surface area (Å²) in [6.07, 6.45) is 4.16. The molecule has 23 heavy (non-hydrogen) atoms. The molecule has 1 heterocycles. The maximum absolute atomic E-state index is 12.2. The Hall–Kier alpha value is -1.52. The van der Waals surface area contributed by atoms with E-state index in [0.717, 1.165) is 17.8 Å². The highest BCUT2D eigenvalue weighted by Crippen LogP contribution is 2.29. The van der Waals surface area contributed by atoms with Crippen LogP contribution in [-0.4, -0.2) is 22.6 Å². The van der Waals surface area contributed by atoms with Crippen LogP contribution in [0.4, 0.5) is 0 Å². The number of ether oxygens (including phenoxy) is 1. The van der Waals surface area contributed by atoms with Gasteiger partial charge in [0.2, 0.25) is 0 Å². The highest BCUT2D eigenvalue weighted by Gasteiger charge is 2.23. The highest BCUT2D eigenvalue weighted by atomic mass is 35.5. The Morgan fingerprint density at radius 2 is 2.04 bits per heavy atom. The summed E-state index contributed by atoms with van der Waals surface area (Å²) in [5.74, 6) is 0.490. The molecule has 0 aliphatic rings. The molecular weight excluding hydrogens is 335 g/mol. The first kappa shape index (κ1) is 17.8. The maximum atomic E-state index is 12.2. The molecule has 1 radical (unpaired) electrons. The zero-order valence-electron chi connectivity index (χ0n) is 13.3. The van der Waals surface area contributed by atoms with Gasteiger partial charge in [0.05, 0.1) is 35.1 Å². The predicted octanol–water partition coefficient (Wildman–Crippen LogP) is 4.30. The van der Waals surface area contributed by atoms with Crippen LogP contribution in [0.3, 0.4) is 0 Å². The second-order valence-corrected chi connectivity index (χ2v) is 6.51. The monoisotopic (exact) mass is 353 g/mol. The lowest BCUT2D eigenvalue weighted by molar-refractivity contribution is -0.142. The van der Waals surface area contributed by atoms with Crippen molar-refractivity contribution in [2.24, 2.45) is 0 Å². The van der Waals surface area contributed by atoms with Crippen molar-refractivity contribution in [2.45, 2.75) is 32.7 Å². The molecular formula is C17H19Cl2N2O2. The first-order chi connectivity index (χ1) is 10.9. The van der Waals surface area contributed by atoms with Crippen molar-refractivity contribution in [3.05, 3.63) is 57.9 Å². The number of methoxy groups -OCH3 is 1. The van der Waals surface area contributed by atoms with Crippen LogP contribution in [-0.2, 0) is 22.5 Å². The molecule has 2 rings (SSSR count). The van der Waals surface area contributed by atoms with Crippen LogP contribution in [0, 0.1) is 5.92 Å². The molecule has 0 aliphatic carbocycles. The van der Waals surface area contributed by atoms with E-state index in [2.05, 4.69) is 18.8 Å². The number of esters is 1. The van der Waals surface area contributed by atoms with Gasteiger partial charge < -0.3 is 9.30 Å². The molecule has 0 saturated carbocycles. The molecule has 1 atom stereocenters. The van der Waals surface area contributed by atoms with Crippen molar-refractivity contribution in [3.8, 4) is 0 Å². The van der Waals surface area contributed by atoms with Gasteiger partial charge in [-0.25, -0.2) is 4.98 Å². The summed E-state index contributed by atoms with van der Waals surface area (Å²) < 4.78 is 6.92. The molecule has 0 saturated heterocycles. The standard InChI is InChI=1S/C17H19Cl2N2O2/c1-11(2)8-21-9-13(20-10-21)7-14(17(22)23-3)12-4-5-15(18)16(19)6-12/h4-6,9-10,14H,7-8H2,1-3H3. The molecule has 0 N–H and O–H groups in total. The van der Waals surface area contributed by atoms with Gasteiger partial charge in [-0.3, -0.25) is 4.79 Å². The minimum atomic E-state index is -0.468. The Morgan fingerprint density at radius 1 is 1.30 bits per heavy atom. The lowest BCUT2D eigenvalue weighted by Crippen LogP contribution is -2.17. The van der Waals surface area contributed by atoms with E-state index >= 15 is 0 Å². The lowest BCUT2D eigenvalue weighted by Gasteiger charge is -2.14. The van der Waals surface area contributed by atoms with Gasteiger partial charge in [0.1, 0.15) is 0 Å². The molecule has 0 bridgehead atoms. The van der Waals surface area contributed by atoms with E-state index < -0.39 is 5.92 Å². The molecule has 4 nitrogen and oxygen atoms in total. The fourth-order valence-electron chi connectivity index (χ4n) is 2.38. The van der Waals surface area contributed by atoms with Crippen LogP contribution < -0.4 is 0 Å². The average Bonchev–Trinajstić information content (AvgIpc) is 2.93. The Labute approximate surface area is 146 Å². The number of aromatic nitrogens is 2. The summed E-state index contributed by atoms with van der Waals surface area (Å²) in [4.78, 5) is 16.5. The van der Waals surface area contributed by atoms with Gasteiger partial charge in [-0.05, 0) is 23.6 Å². The topological polar surface area (TPSA) is 44.1 Å². The van der Waals surface area contributed by atoms with E-state index in [0.29, 0.717) is 16.5 Å². The van der Waals surface area contributed by atoms with Crippen molar-refractivity contribution >= 4 is 29.2 Å². The van der Waals surface area contributed by atoms with Gasteiger partial charge in [-0.15, -0.1) is 0 Å². The van der Waals surface area contributed by atoms with Crippen LogP contribution >= 0.6 is 23.2 Å². The summed E-state index contributed by atoms with van der Waals surface area (Å²) in [6.45, 7) is 4.93. The quantitative estimate of drug-likeness (QED) is 0.727. The smallest absolute Gasteiger partial charge is 0.313 e. The van der Waals surface area contributed by atoms with Gasteiger partial charge in [0, 0.05) is 19.2 Å². The zero-order chi connectivity index (χ0) is 17.0. The van der Waals surface area contributed by atoms with Gasteiger partial charge in [-0.1, -0.05) is 43.1 Å². The van der Waals surface area contributed by atoms with Crippen LogP contribution in [0.5, 0.6) is 0 Å². The Kier molecular flexibility index (Phi) is 6.08. The van der Waals surface area contributed by atoms with E-state index in [-0.39, 0.29) is 5.97 Å². The molecule has 6 heteroatoms. The predicted molar refractivity (Wildman–Crippen MR) is 91.7 cm³/mol. The van der Waals surface area contributed by atoms with E-state index in [4.69, 9.17) is 27.9 Å². The minimum absolute atomic E-state index is 0.323. The fourth-order valence-corrected chi connectivity index (χ4v) is 2.69. The molecule has 0 aliphatic heterocycles. The number of hydrogen-bond donors (Lipinski definition) is 0. The van der Waals surface area contributed by atoms with E-state index in [9.17, 15) is 4.79 Å². The van der Waals surface area contributed by atoms with Gasteiger partial charge in [-0.2, -0.15) is 0 Å². The summed E-state index contributed by atoms with van der Waals surface area (Å²) in [5.41, 5.74) is 1.59. The molecule has 1 unspecified atom stereocenters. The maximum Gasteiger partial charge on any atom is 0.313 e. The van der Waals surface area contributed by atoms with Gasteiger partial charge in [0.15, 0.2) is 0 Å². The first-order valence-corrected chi connectivity index (χ1v) is 7.98. The second-order valence-electron chi connectivity index (χ2n) is 5.70. The molecule has 2 aromatic rings. The lowest BCUT2D eigenvalue weighted by atomic mass is 9.94. The summed E-state index contributed by atoms with van der Waals surface area (Å²) in [7, 11) is 1.38. The van der Waals surface area contributed by atoms with E-state index in [1.54, 1.807) is 24.5 Å². The van der Waals surface area contributed by atoms with Crippen LogP contribution in [0.15, 0.2) is 30.7 Å². The highest BCUT2D eigenvalue weighted by molar-refractivity contribution is 6.42. The van der Waals surface area contributed by atoms with E-state index in [1.807, 2.05) is 10.8 Å². The summed E-state index contributed by atoms with van der Waals surface area (Å²) in [5, 5.41) is 0.872. The first-order valence-electron chi connectivity index (χ1n) is 7.23. The van der Waals surface area contributed by atoms with Crippen LogP contribution in [0.2, 0.25) is 10.0 Å². The molecule has 1 aromatic heterocycles. The summed E-state index contributed by atoms with van der Waals surface area (Å²) in [6, 6.07) is 5.17. The number of hydrogen-bond acceptors (Lipinski definition) is 3. The third-order valence-electron chi connectivity index (χ3n) is 3.43. The van der Waals surface area contributed by atoms with Crippen molar-refractivity contribution in [1.29, 1.82) is 0 Å². The van der Waals surface area contributed by atoms with E-state index in [1.165, 1.54) is 13.0 Å². The van der Waals surface area contributed by atoms with Crippen molar-refractivity contribution in [2.75, 3.05) is 7.11 Å². The van der Waals surface area contributed by atoms with Crippen molar-refractivity contribution in [1.82, 2.24) is 9.55 Å². The number of carbonyl (C=O) groups is 1. The zero-order valence-corrected chi connectivity index (χ0v) is 14.9. The summed E-state index contributed by atoms with van der Waals surface area (Å²) >= 11 is 12.0. The number of rotatable bonds is 6. The third kappa shape index (κ3) is 4.72. The van der Waals surface area contributed by atoms with Gasteiger partial charge in [0.25, 0.3) is 0 Å². The molecule has 1 aromatic carbocycles. The number of benzene rings is 1. The SMILES string of the molecule is COC(=O)C(Cc1cn(C[C](C)C)cn1)c1ccc(Cl)c(Cl)c1. The number of nitrogens with zero attached hydrogens (tertiary/aromatic N) is 2. The normalized spacial score (nSPS) is 12.4. The van der Waals surface area contributed by atoms with Crippen LogP contribution in [0.1, 0.15) is 31.0 Å². The third-order valence-corrected chi connectivity index (χ3v) is 4.17. The molecule has 0 spiro atoms. The average molecular weight is 354 g/mol. The molecule has 0 fully saturated rings. The molecule has 0 amide bonds. The van der Waals surface area contributed by atoms with Crippen LogP contribution in [0.25, 0.3) is 0 Å². The molecule has 123 valence electrons. The number of carbonyl (C=O) groups excluding carboxylic acids is 1. The van der Waals surface area contributed by atoms with Gasteiger partial charge >= 0.3 is 5.97 Å². The van der Waals surface area contributed by atoms with Crippen molar-refractivity contribution < 1.29 is 9.53 Å². The number of imidazole rings is 1. The Bertz CT molecular complexity index is 683. The fraction of sp³-hybridized carbons (Fsp3) is 0.353. The largest absolute Gasteiger partial charge is 0.469 e. The Morgan fingerprint density at radius 3 is 2.65 bits per heavy atom. The second kappa shape index (κ2) is 7.84. The number of halogens is 2.